The van der Waals surface area contributed by atoms with Gasteiger partial charge in [0.25, 0.3) is 0 Å². The Morgan fingerprint density at radius 3 is 2.75 bits per heavy atom. The predicted molar refractivity (Wildman–Crippen MR) is 83.4 cm³/mol. The summed E-state index contributed by atoms with van der Waals surface area (Å²) in [5.74, 6) is 2.48. The number of nitrogens with zero attached hydrogens (tertiary/aromatic N) is 1. The van der Waals surface area contributed by atoms with Gasteiger partial charge in [-0.1, -0.05) is 12.3 Å². The molecule has 20 heavy (non-hydrogen) atoms. The van der Waals surface area contributed by atoms with Crippen LogP contribution in [0.3, 0.4) is 0 Å². The third kappa shape index (κ3) is 5.52. The Balaban J connectivity index is 2.59. The Labute approximate surface area is 123 Å². The van der Waals surface area contributed by atoms with E-state index in [2.05, 4.69) is 42.2 Å². The molecule has 114 valence electrons. The van der Waals surface area contributed by atoms with Gasteiger partial charge in [-0.25, -0.2) is 0 Å². The quantitative estimate of drug-likeness (QED) is 0.747. The molecule has 1 amide bonds. The molecule has 4 heteroatoms. The normalized spacial score (nSPS) is 22.1. The van der Waals surface area contributed by atoms with Gasteiger partial charge in [-0.2, -0.15) is 0 Å². The van der Waals surface area contributed by atoms with Crippen molar-refractivity contribution in [2.45, 2.75) is 64.6 Å². The van der Waals surface area contributed by atoms with Crippen LogP contribution in [0.5, 0.6) is 0 Å². The van der Waals surface area contributed by atoms with E-state index in [0.717, 1.165) is 19.5 Å². The molecule has 0 saturated carbocycles. The Morgan fingerprint density at radius 1 is 1.45 bits per heavy atom. The van der Waals surface area contributed by atoms with Gasteiger partial charge in [-0.3, -0.25) is 9.69 Å². The van der Waals surface area contributed by atoms with E-state index < -0.39 is 0 Å². The number of hydrogen-bond donors (Lipinski definition) is 2. The van der Waals surface area contributed by atoms with Crippen LogP contribution in [0.1, 0.15) is 47.0 Å². The molecule has 1 heterocycles. The Morgan fingerprint density at radius 2 is 2.15 bits per heavy atom. The summed E-state index contributed by atoms with van der Waals surface area (Å²) >= 11 is 0. The molecule has 0 spiro atoms. The molecule has 1 aliphatic heterocycles. The molecule has 0 aromatic rings. The number of terminal acetylenes is 1. The molecular weight excluding hydrogens is 250 g/mol. The molecule has 2 atom stereocenters. The first-order chi connectivity index (χ1) is 9.35. The topological polar surface area (TPSA) is 44.4 Å². The maximum absolute atomic E-state index is 12.1. The highest BCUT2D eigenvalue weighted by Gasteiger charge is 2.30. The molecule has 0 bridgehead atoms. The lowest BCUT2D eigenvalue weighted by Gasteiger charge is -2.40. The molecule has 0 aliphatic carbocycles. The number of nitrogens with one attached hydrogen (secondary N) is 2. The first-order valence-electron chi connectivity index (χ1n) is 7.57. The van der Waals surface area contributed by atoms with Crippen LogP contribution in [0.4, 0.5) is 0 Å². The van der Waals surface area contributed by atoms with E-state index in [-0.39, 0.29) is 17.5 Å². The van der Waals surface area contributed by atoms with E-state index in [9.17, 15) is 4.79 Å². The van der Waals surface area contributed by atoms with Crippen molar-refractivity contribution in [2.75, 3.05) is 19.6 Å². The maximum Gasteiger partial charge on any atom is 0.237 e. The lowest BCUT2D eigenvalue weighted by molar-refractivity contribution is -0.127. The monoisotopic (exact) mass is 279 g/mol. The van der Waals surface area contributed by atoms with Crippen LogP contribution in [0.2, 0.25) is 0 Å². The van der Waals surface area contributed by atoms with Crippen molar-refractivity contribution in [3.63, 3.8) is 0 Å². The number of amides is 1. The minimum absolute atomic E-state index is 0.0330. The molecule has 1 rings (SSSR count). The number of carbonyl (C=O) groups excluding carboxylic acids is 1. The first kappa shape index (κ1) is 17.0. The van der Waals surface area contributed by atoms with Crippen molar-refractivity contribution in [1.82, 2.24) is 15.5 Å². The number of likely N-dealkylation sites (tertiary alicyclic amines) is 1. The van der Waals surface area contributed by atoms with Crippen LogP contribution in [-0.4, -0.2) is 48.1 Å². The van der Waals surface area contributed by atoms with Gasteiger partial charge in [0.1, 0.15) is 0 Å². The van der Waals surface area contributed by atoms with E-state index in [1.165, 1.54) is 12.8 Å². The largest absolute Gasteiger partial charge is 0.344 e. The molecule has 0 aromatic heterocycles. The Bertz CT molecular complexity index is 354. The highest BCUT2D eigenvalue weighted by Crippen LogP contribution is 2.20. The zero-order chi connectivity index (χ0) is 15.2. The number of rotatable bonds is 5. The number of carbonyl (C=O) groups is 1. The highest BCUT2D eigenvalue weighted by atomic mass is 16.2. The van der Waals surface area contributed by atoms with Gasteiger partial charge >= 0.3 is 0 Å². The fourth-order valence-corrected chi connectivity index (χ4v) is 2.61. The lowest BCUT2D eigenvalue weighted by Crippen LogP contribution is -2.56. The third-order valence-electron chi connectivity index (χ3n) is 3.78. The molecule has 0 radical (unpaired) electrons. The average molecular weight is 279 g/mol. The summed E-state index contributed by atoms with van der Waals surface area (Å²) < 4.78 is 0. The summed E-state index contributed by atoms with van der Waals surface area (Å²) in [5.41, 5.74) is 0.109. The second-order valence-corrected chi connectivity index (χ2v) is 6.62. The van der Waals surface area contributed by atoms with Crippen molar-refractivity contribution in [2.24, 2.45) is 0 Å². The molecule has 1 aliphatic rings. The van der Waals surface area contributed by atoms with Crippen molar-refractivity contribution >= 4 is 5.91 Å². The van der Waals surface area contributed by atoms with Crippen molar-refractivity contribution < 1.29 is 4.79 Å². The van der Waals surface area contributed by atoms with Crippen LogP contribution < -0.4 is 10.6 Å². The van der Waals surface area contributed by atoms with Crippen LogP contribution >= 0.6 is 0 Å². The van der Waals surface area contributed by atoms with Crippen LogP contribution in [0, 0.1) is 12.3 Å². The van der Waals surface area contributed by atoms with Crippen molar-refractivity contribution in [1.29, 1.82) is 0 Å². The summed E-state index contributed by atoms with van der Waals surface area (Å²) in [5, 5.41) is 6.34. The van der Waals surface area contributed by atoms with Gasteiger partial charge in [0.05, 0.1) is 12.6 Å². The van der Waals surface area contributed by atoms with Gasteiger partial charge in [-0.15, -0.1) is 6.42 Å². The standard InChI is InChI=1S/C16H29N3O/c1-6-10-17-15(20)13(2)19-11-8-7-9-14(19)12-18-16(3,4)5/h1,13-14,18H,7-12H2,2-5H3,(H,17,20). The molecule has 1 fully saturated rings. The van der Waals surface area contributed by atoms with Gasteiger partial charge in [0.15, 0.2) is 0 Å². The minimum atomic E-state index is -0.115. The lowest BCUT2D eigenvalue weighted by atomic mass is 9.98. The SMILES string of the molecule is C#CCNC(=O)C(C)N1CCCCC1CNC(C)(C)C. The Hall–Kier alpha value is -1.05. The predicted octanol–water partition coefficient (Wildman–Crippen LogP) is 1.37. The molecule has 4 nitrogen and oxygen atoms in total. The van der Waals surface area contributed by atoms with Crippen LogP contribution in [0.25, 0.3) is 0 Å². The molecule has 0 aromatic carbocycles. The third-order valence-corrected chi connectivity index (χ3v) is 3.78. The van der Waals surface area contributed by atoms with Crippen molar-refractivity contribution in [3.05, 3.63) is 0 Å². The Kier molecular flexibility index (Phi) is 6.51. The summed E-state index contributed by atoms with van der Waals surface area (Å²) in [6.07, 6.45) is 8.75. The van der Waals surface area contributed by atoms with Crippen LogP contribution in [0.15, 0.2) is 0 Å². The van der Waals surface area contributed by atoms with E-state index in [1.54, 1.807) is 0 Å². The zero-order valence-corrected chi connectivity index (χ0v) is 13.3. The van der Waals surface area contributed by atoms with E-state index in [1.807, 2.05) is 6.92 Å². The van der Waals surface area contributed by atoms with Gasteiger partial charge < -0.3 is 10.6 Å². The van der Waals surface area contributed by atoms with Gasteiger partial charge in [0.2, 0.25) is 5.91 Å². The van der Waals surface area contributed by atoms with E-state index in [0.29, 0.717) is 12.6 Å². The number of hydrogen-bond acceptors (Lipinski definition) is 3. The highest BCUT2D eigenvalue weighted by molar-refractivity contribution is 5.81. The van der Waals surface area contributed by atoms with Gasteiger partial charge in [0, 0.05) is 18.1 Å². The molecule has 2 unspecified atom stereocenters. The van der Waals surface area contributed by atoms with Crippen LogP contribution in [-0.2, 0) is 4.79 Å². The summed E-state index contributed by atoms with van der Waals surface area (Å²) in [7, 11) is 0. The fourth-order valence-electron chi connectivity index (χ4n) is 2.61. The summed E-state index contributed by atoms with van der Waals surface area (Å²) in [6.45, 7) is 10.7. The van der Waals surface area contributed by atoms with Gasteiger partial charge in [-0.05, 0) is 47.1 Å². The smallest absolute Gasteiger partial charge is 0.237 e. The summed E-state index contributed by atoms with van der Waals surface area (Å²) in [6, 6.07) is 0.310. The van der Waals surface area contributed by atoms with Crippen molar-refractivity contribution in [3.8, 4) is 12.3 Å². The average Bonchev–Trinajstić information content (AvgIpc) is 2.41. The van der Waals surface area contributed by atoms with E-state index >= 15 is 0 Å². The minimum Gasteiger partial charge on any atom is -0.344 e. The van der Waals surface area contributed by atoms with E-state index in [4.69, 9.17) is 6.42 Å². The first-order valence-corrected chi connectivity index (χ1v) is 7.57. The second-order valence-electron chi connectivity index (χ2n) is 6.62. The number of piperidine rings is 1. The molecular formula is C16H29N3O. The zero-order valence-electron chi connectivity index (χ0n) is 13.3. The fraction of sp³-hybridized carbons (Fsp3) is 0.812. The second kappa shape index (κ2) is 7.66. The maximum atomic E-state index is 12.1. The molecule has 1 saturated heterocycles. The summed E-state index contributed by atoms with van der Waals surface area (Å²) in [4.78, 5) is 14.4. The molecule has 2 N–H and O–H groups in total.